The van der Waals surface area contributed by atoms with E-state index in [4.69, 9.17) is 9.47 Å². The van der Waals surface area contributed by atoms with Crippen molar-refractivity contribution in [1.82, 2.24) is 9.97 Å². The summed E-state index contributed by atoms with van der Waals surface area (Å²) in [7, 11) is 1.65. The first-order valence-electron chi connectivity index (χ1n) is 11.3. The van der Waals surface area contributed by atoms with Crippen LogP contribution >= 0.6 is 0 Å². The van der Waals surface area contributed by atoms with Gasteiger partial charge in [0.1, 0.15) is 11.3 Å². The van der Waals surface area contributed by atoms with E-state index in [2.05, 4.69) is 15.3 Å². The fraction of sp³-hybridized carbons (Fsp3) is 0.542. The topological polar surface area (TPSA) is 76.6 Å². The van der Waals surface area contributed by atoms with Crippen molar-refractivity contribution in [2.24, 2.45) is 11.8 Å². The van der Waals surface area contributed by atoms with Gasteiger partial charge in [-0.25, -0.2) is 18.7 Å². The number of methoxy groups -OCH3 is 1. The van der Waals surface area contributed by atoms with Crippen molar-refractivity contribution < 1.29 is 23.0 Å². The molecule has 7 nitrogen and oxygen atoms in total. The Morgan fingerprint density at radius 3 is 2.36 bits per heavy atom. The molecule has 1 aromatic heterocycles. The van der Waals surface area contributed by atoms with Crippen molar-refractivity contribution in [2.45, 2.75) is 51.7 Å². The lowest BCUT2D eigenvalue weighted by molar-refractivity contribution is -0.0175. The quantitative estimate of drug-likeness (QED) is 0.705. The van der Waals surface area contributed by atoms with Crippen LogP contribution in [0.25, 0.3) is 0 Å². The first-order chi connectivity index (χ1) is 15.7. The van der Waals surface area contributed by atoms with Crippen LogP contribution in [0.1, 0.15) is 47.9 Å². The maximum Gasteiger partial charge on any atom is 0.274 e. The molecule has 2 heterocycles. The Morgan fingerprint density at radius 1 is 1.12 bits per heavy atom. The largest absolute Gasteiger partial charge is 0.484 e. The molecule has 33 heavy (non-hydrogen) atoms. The van der Waals surface area contributed by atoms with Crippen molar-refractivity contribution in [2.75, 3.05) is 30.4 Å². The van der Waals surface area contributed by atoms with Gasteiger partial charge in [-0.2, -0.15) is 0 Å². The standard InChI is InChI=1S/C24H28F2N4O3/c1-12-13(2)27-23(30-10-24(3,11-30)32-4)29-20(12)22(31)28-16-8-18(25)21(19(26)9-16)33-17-6-14-5-15(14)7-17/h8-9,14-15,17H,5-7,10-11H2,1-4H3,(H,28,31). The number of aromatic nitrogens is 2. The molecule has 1 amide bonds. The van der Waals surface area contributed by atoms with Gasteiger partial charge in [-0.1, -0.05) is 0 Å². The SMILES string of the molecule is COC1(C)CN(c2nc(C)c(C)c(C(=O)Nc3cc(F)c(OC4CC5CC5C4)c(F)c3)n2)C1. The smallest absolute Gasteiger partial charge is 0.274 e. The molecule has 2 saturated carbocycles. The third kappa shape index (κ3) is 4.14. The second kappa shape index (κ2) is 7.90. The zero-order valence-electron chi connectivity index (χ0n) is 19.2. The summed E-state index contributed by atoms with van der Waals surface area (Å²) >= 11 is 0. The van der Waals surface area contributed by atoms with Crippen molar-refractivity contribution in [3.8, 4) is 5.75 Å². The normalized spacial score (nSPS) is 24.8. The van der Waals surface area contributed by atoms with Crippen molar-refractivity contribution in [1.29, 1.82) is 0 Å². The number of rotatable bonds is 6. The second-order valence-electron chi connectivity index (χ2n) is 9.78. The minimum Gasteiger partial charge on any atom is -0.484 e. The molecule has 0 bridgehead atoms. The molecule has 1 N–H and O–H groups in total. The molecule has 0 radical (unpaired) electrons. The van der Waals surface area contributed by atoms with Crippen LogP contribution in [0.2, 0.25) is 0 Å². The highest BCUT2D eigenvalue weighted by Gasteiger charge is 2.47. The van der Waals surface area contributed by atoms with Crippen molar-refractivity contribution in [3.63, 3.8) is 0 Å². The van der Waals surface area contributed by atoms with Crippen LogP contribution in [0, 0.1) is 37.3 Å². The van der Waals surface area contributed by atoms with Gasteiger partial charge in [0, 0.05) is 36.2 Å². The van der Waals surface area contributed by atoms with E-state index in [0.29, 0.717) is 42.1 Å². The van der Waals surface area contributed by atoms with Crippen LogP contribution in [0.3, 0.4) is 0 Å². The van der Waals surface area contributed by atoms with Crippen molar-refractivity contribution >= 4 is 17.5 Å². The number of anilines is 2. The molecule has 176 valence electrons. The minimum atomic E-state index is -0.832. The van der Waals surface area contributed by atoms with Gasteiger partial charge in [0.05, 0.1) is 19.2 Å². The van der Waals surface area contributed by atoms with Gasteiger partial charge in [0.25, 0.3) is 5.91 Å². The number of carbonyl (C=O) groups is 1. The number of fused-ring (bicyclic) bond motifs is 1. The highest BCUT2D eigenvalue weighted by atomic mass is 19.1. The lowest BCUT2D eigenvalue weighted by Gasteiger charge is -2.46. The number of hydrogen-bond acceptors (Lipinski definition) is 6. The van der Waals surface area contributed by atoms with E-state index in [1.165, 1.54) is 6.42 Å². The number of carbonyl (C=O) groups excluding carboxylic acids is 1. The molecule has 2 aromatic rings. The Labute approximate surface area is 191 Å². The van der Waals surface area contributed by atoms with Gasteiger partial charge >= 0.3 is 0 Å². The highest BCUT2D eigenvalue weighted by molar-refractivity contribution is 6.04. The summed E-state index contributed by atoms with van der Waals surface area (Å²) in [6.45, 7) is 6.74. The Bertz CT molecular complexity index is 1090. The van der Waals surface area contributed by atoms with E-state index in [0.717, 1.165) is 25.0 Å². The number of ether oxygens (including phenoxy) is 2. The molecule has 0 spiro atoms. The molecule has 2 atom stereocenters. The summed E-state index contributed by atoms with van der Waals surface area (Å²) in [5.41, 5.74) is 1.15. The zero-order valence-corrected chi connectivity index (χ0v) is 19.2. The lowest BCUT2D eigenvalue weighted by Crippen LogP contribution is -2.61. The van der Waals surface area contributed by atoms with Gasteiger partial charge in [0.15, 0.2) is 17.4 Å². The molecule has 1 saturated heterocycles. The molecule has 3 aliphatic rings. The summed E-state index contributed by atoms with van der Waals surface area (Å²) < 4.78 is 40.3. The van der Waals surface area contributed by atoms with Gasteiger partial charge in [-0.05, 0) is 51.9 Å². The van der Waals surface area contributed by atoms with Crippen LogP contribution in [0.15, 0.2) is 12.1 Å². The Hall–Kier alpha value is -2.81. The lowest BCUT2D eigenvalue weighted by atomic mass is 9.97. The summed E-state index contributed by atoms with van der Waals surface area (Å²) in [5.74, 6) is -0.892. The third-order valence-corrected chi connectivity index (χ3v) is 7.16. The third-order valence-electron chi connectivity index (χ3n) is 7.16. The molecular weight excluding hydrogens is 430 g/mol. The van der Waals surface area contributed by atoms with Gasteiger partial charge < -0.3 is 19.7 Å². The molecule has 2 unspecified atom stereocenters. The molecule has 2 aliphatic carbocycles. The molecule has 1 aromatic carbocycles. The number of nitrogens with one attached hydrogen (secondary N) is 1. The molecule has 1 aliphatic heterocycles. The Balaban J connectivity index is 1.32. The van der Waals surface area contributed by atoms with Gasteiger partial charge in [-0.15, -0.1) is 0 Å². The van der Waals surface area contributed by atoms with Gasteiger partial charge in [0.2, 0.25) is 5.95 Å². The summed E-state index contributed by atoms with van der Waals surface area (Å²) in [4.78, 5) is 23.8. The number of hydrogen-bond donors (Lipinski definition) is 1. The van der Waals surface area contributed by atoms with E-state index < -0.39 is 17.5 Å². The zero-order chi connectivity index (χ0) is 23.5. The molecular formula is C24H28F2N4O3. The monoisotopic (exact) mass is 458 g/mol. The fourth-order valence-corrected chi connectivity index (χ4v) is 4.87. The van der Waals surface area contributed by atoms with Crippen molar-refractivity contribution in [3.05, 3.63) is 40.7 Å². The average molecular weight is 459 g/mol. The number of aryl methyl sites for hydroxylation is 1. The Morgan fingerprint density at radius 2 is 1.76 bits per heavy atom. The van der Waals surface area contributed by atoms with E-state index in [1.54, 1.807) is 21.0 Å². The maximum absolute atomic E-state index is 14.6. The second-order valence-corrected chi connectivity index (χ2v) is 9.78. The number of benzene rings is 1. The Kier molecular flexibility index (Phi) is 5.27. The molecule has 9 heteroatoms. The molecule has 3 fully saturated rings. The van der Waals surface area contributed by atoms with Gasteiger partial charge in [-0.3, -0.25) is 4.79 Å². The molecule has 5 rings (SSSR count). The minimum absolute atomic E-state index is 0.00439. The first kappa shape index (κ1) is 22.0. The first-order valence-corrected chi connectivity index (χ1v) is 11.3. The van der Waals surface area contributed by atoms with Crippen LogP contribution in [0.5, 0.6) is 5.75 Å². The predicted octanol–water partition coefficient (Wildman–Crippen LogP) is 4.03. The summed E-state index contributed by atoms with van der Waals surface area (Å²) in [5, 5.41) is 2.56. The summed E-state index contributed by atoms with van der Waals surface area (Å²) in [6, 6.07) is 2.16. The average Bonchev–Trinajstić information content (AvgIpc) is 3.35. The number of nitrogens with zero attached hydrogens (tertiary/aromatic N) is 3. The van der Waals surface area contributed by atoms with Crippen LogP contribution in [-0.4, -0.2) is 47.8 Å². The van der Waals surface area contributed by atoms with E-state index in [9.17, 15) is 13.6 Å². The fourth-order valence-electron chi connectivity index (χ4n) is 4.87. The predicted molar refractivity (Wildman–Crippen MR) is 119 cm³/mol. The number of amides is 1. The van der Waals surface area contributed by atoms with Crippen LogP contribution in [0.4, 0.5) is 20.4 Å². The van der Waals surface area contributed by atoms with E-state index in [1.807, 2.05) is 11.8 Å². The van der Waals surface area contributed by atoms with Crippen LogP contribution in [-0.2, 0) is 4.74 Å². The highest BCUT2D eigenvalue weighted by Crippen LogP contribution is 2.52. The summed E-state index contributed by atoms with van der Waals surface area (Å²) in [6.07, 6.45) is 2.74. The van der Waals surface area contributed by atoms with E-state index in [-0.39, 0.29) is 28.8 Å². The number of halogens is 2. The van der Waals surface area contributed by atoms with E-state index >= 15 is 0 Å². The maximum atomic E-state index is 14.6. The van der Waals surface area contributed by atoms with Crippen LogP contribution < -0.4 is 15.0 Å².